The molecule has 0 unspecified atom stereocenters. The zero-order chi connectivity index (χ0) is 32.4. The number of rotatable bonds is 8. The van der Waals surface area contributed by atoms with Gasteiger partial charge in [-0.2, -0.15) is 0 Å². The molecule has 2 rings (SSSR count). The zero-order valence-electron chi connectivity index (χ0n) is 27.8. The molecule has 42 heavy (non-hydrogen) atoms. The molecule has 1 N–H and O–H groups in total. The molecule has 0 radical (unpaired) electrons. The summed E-state index contributed by atoms with van der Waals surface area (Å²) in [5.41, 5.74) is -2.47. The number of nitrogens with one attached hydrogen (secondary N) is 1. The van der Waals surface area contributed by atoms with E-state index in [2.05, 4.69) is 5.32 Å². The lowest BCUT2D eigenvalue weighted by molar-refractivity contribution is -0.147. The second kappa shape index (κ2) is 13.0. The van der Waals surface area contributed by atoms with E-state index in [1.165, 1.54) is 16.9 Å². The van der Waals surface area contributed by atoms with E-state index in [1.807, 2.05) is 27.7 Å². The Labute approximate surface area is 251 Å². The van der Waals surface area contributed by atoms with Crippen LogP contribution in [0.5, 0.6) is 0 Å². The quantitative estimate of drug-likeness (QED) is 0.250. The number of carbonyl (C=O) groups excluding carboxylic acids is 4. The van der Waals surface area contributed by atoms with Gasteiger partial charge in [-0.05, 0) is 88.9 Å². The molecule has 2 fully saturated rings. The molecule has 0 aromatic rings. The third-order valence-corrected chi connectivity index (χ3v) is 7.92. The summed E-state index contributed by atoms with van der Waals surface area (Å²) in [5.74, 6) is -1.46. The Hall–Kier alpha value is -2.54. The van der Waals surface area contributed by atoms with Gasteiger partial charge in [-0.3, -0.25) is 9.69 Å². The number of nitrogens with zero attached hydrogens (tertiary/aromatic N) is 2. The fraction of sp³-hybridized carbons (Fsp3) is 0.862. The van der Waals surface area contributed by atoms with Crippen molar-refractivity contribution in [2.45, 2.75) is 136 Å². The third kappa shape index (κ3) is 8.98. The number of alkyl carbamates (subject to hydrolysis) is 1. The number of methoxy groups -OCH3 is 1. The summed E-state index contributed by atoms with van der Waals surface area (Å²) in [7, 11) is 2.45. The summed E-state index contributed by atoms with van der Waals surface area (Å²) in [5, 5.41) is 2.58. The van der Waals surface area contributed by atoms with Gasteiger partial charge < -0.3 is 33.7 Å². The van der Waals surface area contributed by atoms with Crippen LogP contribution < -0.4 is 5.32 Å². The van der Waals surface area contributed by atoms with Gasteiger partial charge in [0.25, 0.3) is 0 Å². The van der Waals surface area contributed by atoms with Crippen molar-refractivity contribution < 1.29 is 42.7 Å². The van der Waals surface area contributed by atoms with E-state index in [0.717, 1.165) is 0 Å². The maximum Gasteiger partial charge on any atom is 0.457 e. The molecule has 13 heteroatoms. The largest absolute Gasteiger partial charge is 0.467 e. The van der Waals surface area contributed by atoms with Gasteiger partial charge in [-0.25, -0.2) is 14.4 Å². The lowest BCUT2D eigenvalue weighted by Crippen LogP contribution is -2.52. The van der Waals surface area contributed by atoms with Crippen LogP contribution in [0.25, 0.3) is 0 Å². The number of hydrogen-bond donors (Lipinski definition) is 1. The first-order chi connectivity index (χ1) is 19.0. The van der Waals surface area contributed by atoms with Crippen LogP contribution in [-0.2, 0) is 33.1 Å². The SMILES string of the molecule is COC(=O)[C@@H]1[C@H](CCCB2OC(C)(C)C(C)(C)O2)[C@@H](N(C)C(=O)[C@H](C)NC(=O)OC(C)(C)C)CN1C(=O)OC(C)(C)C. The molecule has 0 spiro atoms. The Balaban J connectivity index is 2.30. The van der Waals surface area contributed by atoms with Crippen LogP contribution in [0.3, 0.4) is 0 Å². The fourth-order valence-corrected chi connectivity index (χ4v) is 5.20. The number of hydrogen-bond acceptors (Lipinski definition) is 9. The predicted octanol–water partition coefficient (Wildman–Crippen LogP) is 4.01. The summed E-state index contributed by atoms with van der Waals surface area (Å²) < 4.78 is 28.3. The number of esters is 1. The standard InChI is InChI=1S/C29H52BN3O9/c1-18(31-24(36)39-26(2,3)4)22(34)32(12)20-17-33(25(37)40-27(5,6)7)21(23(35)38-13)19(20)15-14-16-30-41-28(8,9)29(10,11)42-30/h18-21H,14-17H2,1-13H3,(H,31,36)/t18-,19+,20-,21-/m0/s1. The van der Waals surface area contributed by atoms with Crippen LogP contribution in [-0.4, -0.2) is 102 Å². The predicted molar refractivity (Wildman–Crippen MR) is 158 cm³/mol. The van der Waals surface area contributed by atoms with Crippen molar-refractivity contribution in [2.24, 2.45) is 5.92 Å². The van der Waals surface area contributed by atoms with Crippen LogP contribution in [0.2, 0.25) is 6.32 Å². The van der Waals surface area contributed by atoms with Crippen molar-refractivity contribution in [3.8, 4) is 0 Å². The Bertz CT molecular complexity index is 989. The van der Waals surface area contributed by atoms with Crippen molar-refractivity contribution in [3.63, 3.8) is 0 Å². The normalized spacial score (nSPS) is 24.2. The lowest BCUT2D eigenvalue weighted by Gasteiger charge is -2.32. The van der Waals surface area contributed by atoms with Crippen LogP contribution >= 0.6 is 0 Å². The van der Waals surface area contributed by atoms with Crippen LogP contribution in [0.1, 0.15) is 89.0 Å². The van der Waals surface area contributed by atoms with Crippen LogP contribution in [0.15, 0.2) is 0 Å². The van der Waals surface area contributed by atoms with Crippen molar-refractivity contribution in [1.29, 1.82) is 0 Å². The number of amides is 3. The number of carbonyl (C=O) groups is 4. The molecule has 0 aliphatic carbocycles. The van der Waals surface area contributed by atoms with E-state index < -0.39 is 77.6 Å². The average Bonchev–Trinajstić information content (AvgIpc) is 3.28. The van der Waals surface area contributed by atoms with Gasteiger partial charge in [0.2, 0.25) is 5.91 Å². The Morgan fingerprint density at radius 1 is 1.00 bits per heavy atom. The molecule has 0 aromatic carbocycles. The minimum atomic E-state index is -0.975. The average molecular weight is 598 g/mol. The molecule has 2 aliphatic rings. The smallest absolute Gasteiger partial charge is 0.457 e. The lowest BCUT2D eigenvalue weighted by atomic mass is 9.79. The first-order valence-electron chi connectivity index (χ1n) is 14.7. The van der Waals surface area contributed by atoms with Gasteiger partial charge in [0, 0.05) is 19.5 Å². The molecule has 12 nitrogen and oxygen atoms in total. The minimum absolute atomic E-state index is 0.0528. The molecule has 2 saturated heterocycles. The number of likely N-dealkylation sites (N-methyl/N-ethyl adjacent to an activating group) is 1. The first-order valence-corrected chi connectivity index (χ1v) is 14.7. The van der Waals surface area contributed by atoms with E-state index in [0.29, 0.717) is 19.2 Å². The summed E-state index contributed by atoms with van der Waals surface area (Å²) in [6, 6.07) is -2.45. The van der Waals surface area contributed by atoms with Crippen molar-refractivity contribution in [1.82, 2.24) is 15.1 Å². The highest BCUT2D eigenvalue weighted by molar-refractivity contribution is 6.45. The Morgan fingerprint density at radius 3 is 2.00 bits per heavy atom. The van der Waals surface area contributed by atoms with E-state index >= 15 is 0 Å². The maximum atomic E-state index is 13.5. The molecule has 0 aromatic heterocycles. The van der Waals surface area contributed by atoms with Crippen molar-refractivity contribution in [3.05, 3.63) is 0 Å². The highest BCUT2D eigenvalue weighted by Gasteiger charge is 2.53. The molecular weight excluding hydrogens is 545 g/mol. The van der Waals surface area contributed by atoms with E-state index in [-0.39, 0.29) is 6.54 Å². The topological polar surface area (TPSA) is 133 Å². The maximum absolute atomic E-state index is 13.5. The summed E-state index contributed by atoms with van der Waals surface area (Å²) in [4.78, 5) is 55.1. The highest BCUT2D eigenvalue weighted by Crippen LogP contribution is 2.39. The van der Waals surface area contributed by atoms with E-state index in [9.17, 15) is 19.2 Å². The van der Waals surface area contributed by atoms with Gasteiger partial charge >= 0.3 is 25.3 Å². The van der Waals surface area contributed by atoms with Gasteiger partial charge in [-0.15, -0.1) is 0 Å². The second-order valence-electron chi connectivity index (χ2n) is 14.3. The third-order valence-electron chi connectivity index (χ3n) is 7.92. The molecule has 4 atom stereocenters. The zero-order valence-corrected chi connectivity index (χ0v) is 27.8. The summed E-state index contributed by atoms with van der Waals surface area (Å²) in [6.45, 7) is 20.0. The monoisotopic (exact) mass is 597 g/mol. The van der Waals surface area contributed by atoms with Crippen LogP contribution in [0.4, 0.5) is 9.59 Å². The highest BCUT2D eigenvalue weighted by atomic mass is 16.7. The molecule has 2 aliphatic heterocycles. The van der Waals surface area contributed by atoms with Crippen LogP contribution in [0, 0.1) is 5.92 Å². The Morgan fingerprint density at radius 2 is 1.52 bits per heavy atom. The van der Waals surface area contributed by atoms with Gasteiger partial charge in [0.05, 0.1) is 24.4 Å². The van der Waals surface area contributed by atoms with Crippen molar-refractivity contribution in [2.75, 3.05) is 20.7 Å². The van der Waals surface area contributed by atoms with Gasteiger partial charge in [0.15, 0.2) is 0 Å². The molecule has 2 heterocycles. The number of ether oxygens (including phenoxy) is 3. The molecule has 3 amide bonds. The number of likely N-dealkylation sites (tertiary alicyclic amines) is 1. The van der Waals surface area contributed by atoms with Gasteiger partial charge in [0.1, 0.15) is 23.3 Å². The Kier molecular flexibility index (Phi) is 11.0. The van der Waals surface area contributed by atoms with Gasteiger partial charge in [-0.1, -0.05) is 6.42 Å². The molecule has 0 saturated carbocycles. The molecule has 240 valence electrons. The minimum Gasteiger partial charge on any atom is -0.467 e. The summed E-state index contributed by atoms with van der Waals surface area (Å²) in [6.07, 6.45) is 0.243. The second-order valence-corrected chi connectivity index (χ2v) is 14.3. The first kappa shape index (κ1) is 35.7. The molecular formula is C29H52BN3O9. The fourth-order valence-electron chi connectivity index (χ4n) is 5.20. The van der Waals surface area contributed by atoms with E-state index in [1.54, 1.807) is 55.5 Å². The van der Waals surface area contributed by atoms with Crippen molar-refractivity contribution >= 4 is 31.2 Å². The van der Waals surface area contributed by atoms with E-state index in [4.69, 9.17) is 23.5 Å². The molecule has 0 bridgehead atoms. The summed E-state index contributed by atoms with van der Waals surface area (Å²) >= 11 is 0.